The number of imidazole rings is 1. The molecule has 0 bridgehead atoms. The third-order valence-electron chi connectivity index (χ3n) is 5.23. The summed E-state index contributed by atoms with van der Waals surface area (Å²) in [6.07, 6.45) is 5.65. The third-order valence-corrected chi connectivity index (χ3v) is 5.23. The molecule has 0 unspecified atom stereocenters. The van der Waals surface area contributed by atoms with Gasteiger partial charge < -0.3 is 4.90 Å². The summed E-state index contributed by atoms with van der Waals surface area (Å²) in [6, 6.07) is 12.3. The molecular weight excluding hydrogens is 312 g/mol. The number of aromatic nitrogens is 3. The summed E-state index contributed by atoms with van der Waals surface area (Å²) < 4.78 is 1.80. The van der Waals surface area contributed by atoms with Gasteiger partial charge in [-0.25, -0.2) is 9.97 Å². The van der Waals surface area contributed by atoms with Gasteiger partial charge in [-0.3, -0.25) is 9.20 Å². The molecule has 1 aliphatic heterocycles. The molecule has 128 valence electrons. The Kier molecular flexibility index (Phi) is 3.79. The van der Waals surface area contributed by atoms with Crippen LogP contribution in [0.4, 0.5) is 0 Å². The highest BCUT2D eigenvalue weighted by Gasteiger charge is 2.36. The van der Waals surface area contributed by atoms with Crippen LogP contribution in [0.3, 0.4) is 0 Å². The van der Waals surface area contributed by atoms with E-state index in [1.807, 2.05) is 30.2 Å². The lowest BCUT2D eigenvalue weighted by molar-refractivity contribution is 0.0643. The zero-order valence-corrected chi connectivity index (χ0v) is 14.6. The predicted molar refractivity (Wildman–Crippen MR) is 96.7 cm³/mol. The van der Waals surface area contributed by atoms with Crippen molar-refractivity contribution < 1.29 is 4.79 Å². The van der Waals surface area contributed by atoms with E-state index in [0.717, 1.165) is 31.6 Å². The minimum atomic E-state index is -0.0121. The van der Waals surface area contributed by atoms with Crippen molar-refractivity contribution in [2.75, 3.05) is 13.1 Å². The maximum Gasteiger partial charge on any atom is 0.272 e. The van der Waals surface area contributed by atoms with Gasteiger partial charge in [-0.15, -0.1) is 0 Å². The Morgan fingerprint density at radius 1 is 1.20 bits per heavy atom. The SMILES string of the molecule is Cc1nc2ncccn2c1C(=O)N1CCC[C@@](C)(c2ccccc2)C1. The number of carbonyl (C=O) groups excluding carboxylic acids is 1. The van der Waals surface area contributed by atoms with Gasteiger partial charge in [0.25, 0.3) is 5.91 Å². The summed E-state index contributed by atoms with van der Waals surface area (Å²) in [5, 5.41) is 0. The highest BCUT2D eigenvalue weighted by molar-refractivity contribution is 5.94. The molecule has 1 amide bonds. The number of fused-ring (bicyclic) bond motifs is 1. The lowest BCUT2D eigenvalue weighted by Gasteiger charge is -2.41. The maximum absolute atomic E-state index is 13.3. The molecule has 3 aromatic rings. The molecular formula is C20H22N4O. The van der Waals surface area contributed by atoms with E-state index in [9.17, 15) is 4.79 Å². The Labute approximate surface area is 147 Å². The molecule has 0 N–H and O–H groups in total. The smallest absolute Gasteiger partial charge is 0.272 e. The lowest BCUT2D eigenvalue weighted by atomic mass is 9.76. The Bertz CT molecular complexity index is 918. The maximum atomic E-state index is 13.3. The number of hydrogen-bond acceptors (Lipinski definition) is 3. The van der Waals surface area contributed by atoms with Crippen LogP contribution in [0.1, 0.15) is 41.5 Å². The monoisotopic (exact) mass is 334 g/mol. The van der Waals surface area contributed by atoms with Crippen molar-refractivity contribution >= 4 is 11.7 Å². The van der Waals surface area contributed by atoms with Crippen molar-refractivity contribution in [3.63, 3.8) is 0 Å². The molecule has 1 fully saturated rings. The summed E-state index contributed by atoms with van der Waals surface area (Å²) in [6.45, 7) is 5.64. The van der Waals surface area contributed by atoms with E-state index in [4.69, 9.17) is 0 Å². The summed E-state index contributed by atoms with van der Waals surface area (Å²) >= 11 is 0. The van der Waals surface area contributed by atoms with Crippen molar-refractivity contribution in [3.8, 4) is 0 Å². The Morgan fingerprint density at radius 2 is 2.00 bits per heavy atom. The van der Waals surface area contributed by atoms with Gasteiger partial charge in [0.15, 0.2) is 0 Å². The Morgan fingerprint density at radius 3 is 2.80 bits per heavy atom. The number of rotatable bonds is 2. The minimum absolute atomic E-state index is 0.0121. The quantitative estimate of drug-likeness (QED) is 0.723. The van der Waals surface area contributed by atoms with E-state index < -0.39 is 0 Å². The van der Waals surface area contributed by atoms with Gasteiger partial charge in [0.1, 0.15) is 5.69 Å². The number of piperidine rings is 1. The fraction of sp³-hybridized carbons (Fsp3) is 0.350. The predicted octanol–water partition coefficient (Wildman–Crippen LogP) is 3.23. The van der Waals surface area contributed by atoms with E-state index >= 15 is 0 Å². The molecule has 0 aliphatic carbocycles. The number of carbonyl (C=O) groups is 1. The molecule has 0 radical (unpaired) electrons. The number of nitrogens with zero attached hydrogens (tertiary/aromatic N) is 4. The average molecular weight is 334 g/mol. The lowest BCUT2D eigenvalue weighted by Crippen LogP contribution is -2.47. The van der Waals surface area contributed by atoms with Crippen LogP contribution >= 0.6 is 0 Å². The topological polar surface area (TPSA) is 50.5 Å². The van der Waals surface area contributed by atoms with Gasteiger partial charge in [0.2, 0.25) is 5.78 Å². The third kappa shape index (κ3) is 2.69. The zero-order valence-electron chi connectivity index (χ0n) is 14.6. The molecule has 1 aliphatic rings. The minimum Gasteiger partial charge on any atom is -0.336 e. The van der Waals surface area contributed by atoms with E-state index in [0.29, 0.717) is 11.5 Å². The van der Waals surface area contributed by atoms with E-state index in [-0.39, 0.29) is 11.3 Å². The zero-order chi connectivity index (χ0) is 17.4. The molecule has 1 saturated heterocycles. The normalized spacial score (nSPS) is 20.8. The number of hydrogen-bond donors (Lipinski definition) is 0. The summed E-state index contributed by atoms with van der Waals surface area (Å²) in [7, 11) is 0. The van der Waals surface area contributed by atoms with Gasteiger partial charge in [-0.2, -0.15) is 0 Å². The van der Waals surface area contributed by atoms with Crippen molar-refractivity contribution in [2.45, 2.75) is 32.1 Å². The van der Waals surface area contributed by atoms with Crippen LogP contribution in [0.5, 0.6) is 0 Å². The van der Waals surface area contributed by atoms with Crippen LogP contribution in [0.2, 0.25) is 0 Å². The van der Waals surface area contributed by atoms with Crippen molar-refractivity contribution in [2.24, 2.45) is 0 Å². The van der Waals surface area contributed by atoms with Crippen molar-refractivity contribution in [3.05, 3.63) is 65.7 Å². The molecule has 5 heteroatoms. The standard InChI is InChI=1S/C20H22N4O/c1-15-17(24-13-7-11-21-19(24)22-15)18(25)23-12-6-10-20(2,14-23)16-8-4-3-5-9-16/h3-5,7-9,11,13H,6,10,12,14H2,1-2H3/t20-/m1/s1. The van der Waals surface area contributed by atoms with Crippen molar-refractivity contribution in [1.82, 2.24) is 19.3 Å². The number of aryl methyl sites for hydroxylation is 1. The average Bonchev–Trinajstić information content (AvgIpc) is 2.97. The van der Waals surface area contributed by atoms with Crippen LogP contribution < -0.4 is 0 Å². The molecule has 1 atom stereocenters. The van der Waals surface area contributed by atoms with E-state index in [1.165, 1.54) is 5.56 Å². The first-order valence-electron chi connectivity index (χ1n) is 8.73. The van der Waals surface area contributed by atoms with Crippen LogP contribution in [-0.2, 0) is 5.41 Å². The molecule has 0 saturated carbocycles. The number of benzene rings is 1. The largest absolute Gasteiger partial charge is 0.336 e. The summed E-state index contributed by atoms with van der Waals surface area (Å²) in [5.41, 5.74) is 2.64. The van der Waals surface area contributed by atoms with Crippen LogP contribution in [-0.4, -0.2) is 38.3 Å². The second kappa shape index (κ2) is 5.99. The van der Waals surface area contributed by atoms with Crippen LogP contribution in [0, 0.1) is 6.92 Å². The van der Waals surface area contributed by atoms with Crippen LogP contribution in [0.15, 0.2) is 48.8 Å². The van der Waals surface area contributed by atoms with Gasteiger partial charge >= 0.3 is 0 Å². The first-order chi connectivity index (χ1) is 12.1. The van der Waals surface area contributed by atoms with Crippen molar-refractivity contribution in [1.29, 1.82) is 0 Å². The second-order valence-corrected chi connectivity index (χ2v) is 7.09. The number of amides is 1. The van der Waals surface area contributed by atoms with Gasteiger partial charge in [-0.05, 0) is 31.4 Å². The summed E-state index contributed by atoms with van der Waals surface area (Å²) in [4.78, 5) is 23.9. The fourth-order valence-electron chi connectivity index (χ4n) is 3.89. The van der Waals surface area contributed by atoms with Gasteiger partial charge in [0.05, 0.1) is 5.69 Å². The highest BCUT2D eigenvalue weighted by atomic mass is 16.2. The molecule has 0 spiro atoms. The first-order valence-corrected chi connectivity index (χ1v) is 8.73. The Hall–Kier alpha value is -2.69. The molecule has 4 rings (SSSR count). The highest BCUT2D eigenvalue weighted by Crippen LogP contribution is 2.34. The second-order valence-electron chi connectivity index (χ2n) is 7.09. The Balaban J connectivity index is 1.67. The van der Waals surface area contributed by atoms with Gasteiger partial charge in [-0.1, -0.05) is 37.3 Å². The van der Waals surface area contributed by atoms with E-state index in [1.54, 1.807) is 10.6 Å². The molecule has 25 heavy (non-hydrogen) atoms. The summed E-state index contributed by atoms with van der Waals surface area (Å²) in [5.74, 6) is 0.617. The van der Waals surface area contributed by atoms with Crippen LogP contribution in [0.25, 0.3) is 5.78 Å². The molecule has 3 heterocycles. The first kappa shape index (κ1) is 15.8. The molecule has 1 aromatic carbocycles. The van der Waals surface area contributed by atoms with E-state index in [2.05, 4.69) is 41.2 Å². The molecule has 5 nitrogen and oxygen atoms in total. The number of likely N-dealkylation sites (tertiary alicyclic amines) is 1. The van der Waals surface area contributed by atoms with Gasteiger partial charge in [0, 0.05) is 30.9 Å². The molecule has 2 aromatic heterocycles. The fourth-order valence-corrected chi connectivity index (χ4v) is 3.89.